The average Bonchev–Trinajstić information content (AvgIpc) is 2.70. The molecule has 1 heterocycles. The van der Waals surface area contributed by atoms with Crippen molar-refractivity contribution < 1.29 is 9.53 Å². The van der Waals surface area contributed by atoms with Crippen LogP contribution in [0.1, 0.15) is 6.92 Å². The van der Waals surface area contributed by atoms with E-state index in [0.717, 1.165) is 0 Å². The number of rotatable bonds is 2. The molecule has 3 heteroatoms. The lowest BCUT2D eigenvalue weighted by molar-refractivity contribution is -0.119. The van der Waals surface area contributed by atoms with Gasteiger partial charge in [0.1, 0.15) is 6.10 Å². The maximum atomic E-state index is 11.7. The van der Waals surface area contributed by atoms with Crippen molar-refractivity contribution in [2.24, 2.45) is 5.92 Å². The number of carbonyl (C=O) groups excluding carboxylic acids is 1. The standard InChI is InChI=1S/C12H11NO2/c1-8(13-2)12(14)11-7-9-5-3-4-6-10(9)15-11/h3-10H,1H3. The number of ether oxygens (including phenoxy) is 1. The summed E-state index contributed by atoms with van der Waals surface area (Å²) in [4.78, 5) is 14.9. The molecule has 76 valence electrons. The van der Waals surface area contributed by atoms with Gasteiger partial charge in [-0.3, -0.25) is 4.79 Å². The van der Waals surface area contributed by atoms with Crippen LogP contribution in [0.5, 0.6) is 0 Å². The minimum Gasteiger partial charge on any atom is -0.482 e. The number of ketones is 1. The Labute approximate surface area is 88.6 Å². The molecule has 0 aromatic heterocycles. The molecule has 0 saturated heterocycles. The van der Waals surface area contributed by atoms with Gasteiger partial charge in [-0.2, -0.15) is 0 Å². The maximum absolute atomic E-state index is 11.7. The summed E-state index contributed by atoms with van der Waals surface area (Å²) in [5, 5.41) is 0. The van der Waals surface area contributed by atoms with Gasteiger partial charge in [-0.1, -0.05) is 18.2 Å². The van der Waals surface area contributed by atoms with Gasteiger partial charge in [0.15, 0.2) is 5.76 Å². The third kappa shape index (κ3) is 1.71. The molecule has 0 aromatic carbocycles. The molecule has 3 unspecified atom stereocenters. The van der Waals surface area contributed by atoms with E-state index < -0.39 is 6.04 Å². The zero-order valence-electron chi connectivity index (χ0n) is 8.38. The average molecular weight is 201 g/mol. The highest BCUT2D eigenvalue weighted by Crippen LogP contribution is 2.29. The number of hydrogen-bond donors (Lipinski definition) is 0. The summed E-state index contributed by atoms with van der Waals surface area (Å²) in [6.07, 6.45) is 9.49. The van der Waals surface area contributed by atoms with Gasteiger partial charge >= 0.3 is 0 Å². The van der Waals surface area contributed by atoms with Crippen LogP contribution in [0.15, 0.2) is 36.1 Å². The molecule has 0 spiro atoms. The Morgan fingerprint density at radius 3 is 2.93 bits per heavy atom. The monoisotopic (exact) mass is 201 g/mol. The highest BCUT2D eigenvalue weighted by molar-refractivity contribution is 5.99. The van der Waals surface area contributed by atoms with E-state index in [1.54, 1.807) is 13.0 Å². The first-order chi connectivity index (χ1) is 7.22. The van der Waals surface area contributed by atoms with Crippen LogP contribution in [0, 0.1) is 12.5 Å². The number of allylic oxidation sites excluding steroid dienone is 2. The van der Waals surface area contributed by atoms with E-state index in [1.807, 2.05) is 24.3 Å². The van der Waals surface area contributed by atoms with E-state index in [-0.39, 0.29) is 17.8 Å². The molecular formula is C12H11NO2. The highest BCUT2D eigenvalue weighted by atomic mass is 16.5. The van der Waals surface area contributed by atoms with Crippen LogP contribution in [-0.4, -0.2) is 17.9 Å². The lowest BCUT2D eigenvalue weighted by Crippen LogP contribution is -2.18. The molecule has 0 amide bonds. The Morgan fingerprint density at radius 1 is 1.53 bits per heavy atom. The third-order valence-corrected chi connectivity index (χ3v) is 2.55. The molecule has 1 aliphatic carbocycles. The van der Waals surface area contributed by atoms with Crippen molar-refractivity contribution in [3.05, 3.63) is 47.6 Å². The van der Waals surface area contributed by atoms with Gasteiger partial charge in [0, 0.05) is 12.8 Å². The summed E-state index contributed by atoms with van der Waals surface area (Å²) in [5.74, 6) is 0.262. The van der Waals surface area contributed by atoms with Crippen LogP contribution in [-0.2, 0) is 9.53 Å². The summed E-state index contributed by atoms with van der Waals surface area (Å²) in [6.45, 7) is 8.39. The molecule has 0 radical (unpaired) electrons. The van der Waals surface area contributed by atoms with Gasteiger partial charge < -0.3 is 9.58 Å². The van der Waals surface area contributed by atoms with Gasteiger partial charge in [-0.25, -0.2) is 6.57 Å². The molecule has 0 N–H and O–H groups in total. The van der Waals surface area contributed by atoms with Crippen LogP contribution in [0.3, 0.4) is 0 Å². The molecule has 0 aromatic rings. The molecular weight excluding hydrogens is 190 g/mol. The second-order valence-electron chi connectivity index (χ2n) is 3.63. The van der Waals surface area contributed by atoms with Crippen LogP contribution in [0.4, 0.5) is 0 Å². The topological polar surface area (TPSA) is 30.7 Å². The fourth-order valence-electron chi connectivity index (χ4n) is 1.64. The normalized spacial score (nSPS) is 28.7. The van der Waals surface area contributed by atoms with Gasteiger partial charge in [-0.05, 0) is 12.2 Å². The van der Waals surface area contributed by atoms with Crippen molar-refractivity contribution in [3.63, 3.8) is 0 Å². The molecule has 2 aliphatic rings. The van der Waals surface area contributed by atoms with Gasteiger partial charge in [0.25, 0.3) is 11.8 Å². The quantitative estimate of drug-likeness (QED) is 0.639. The van der Waals surface area contributed by atoms with E-state index >= 15 is 0 Å². The minimum absolute atomic E-state index is 0.0631. The third-order valence-electron chi connectivity index (χ3n) is 2.55. The van der Waals surface area contributed by atoms with Crippen LogP contribution in [0.25, 0.3) is 4.85 Å². The number of Topliss-reactive ketones (excluding diaryl/α,β-unsaturated/α-hetero) is 1. The fourth-order valence-corrected chi connectivity index (χ4v) is 1.64. The van der Waals surface area contributed by atoms with Crippen molar-refractivity contribution in [1.82, 2.24) is 0 Å². The van der Waals surface area contributed by atoms with E-state index in [9.17, 15) is 4.79 Å². The summed E-state index contributed by atoms with van der Waals surface area (Å²) in [7, 11) is 0. The van der Waals surface area contributed by atoms with Crippen molar-refractivity contribution in [2.45, 2.75) is 19.1 Å². The van der Waals surface area contributed by atoms with Gasteiger partial charge in [0.05, 0.1) is 0 Å². The molecule has 0 fully saturated rings. The Bertz CT molecular complexity index is 412. The Balaban J connectivity index is 2.15. The van der Waals surface area contributed by atoms with E-state index in [1.165, 1.54) is 0 Å². The molecule has 2 rings (SSSR count). The van der Waals surface area contributed by atoms with Gasteiger partial charge in [-0.15, -0.1) is 0 Å². The number of fused-ring (bicyclic) bond motifs is 1. The largest absolute Gasteiger partial charge is 0.482 e. The predicted molar refractivity (Wildman–Crippen MR) is 55.8 cm³/mol. The Hall–Kier alpha value is -1.82. The van der Waals surface area contributed by atoms with Crippen molar-refractivity contribution in [2.75, 3.05) is 0 Å². The summed E-state index contributed by atoms with van der Waals surface area (Å²) >= 11 is 0. The van der Waals surface area contributed by atoms with Crippen LogP contribution < -0.4 is 0 Å². The SMILES string of the molecule is [C-]#[N+]C(C)C(=O)C1=CC2C=CC=CC2O1. The van der Waals surface area contributed by atoms with Crippen molar-refractivity contribution in [1.29, 1.82) is 0 Å². The van der Waals surface area contributed by atoms with Crippen molar-refractivity contribution in [3.8, 4) is 0 Å². The second kappa shape index (κ2) is 3.74. The number of hydrogen-bond acceptors (Lipinski definition) is 2. The lowest BCUT2D eigenvalue weighted by Gasteiger charge is -2.14. The summed E-state index contributed by atoms with van der Waals surface area (Å²) in [5.41, 5.74) is 0. The van der Waals surface area contributed by atoms with E-state index in [4.69, 9.17) is 11.3 Å². The lowest BCUT2D eigenvalue weighted by atomic mass is 9.99. The van der Waals surface area contributed by atoms with Gasteiger partial charge in [0.2, 0.25) is 0 Å². The molecule has 1 aliphatic heterocycles. The zero-order valence-corrected chi connectivity index (χ0v) is 8.38. The van der Waals surface area contributed by atoms with E-state index in [2.05, 4.69) is 4.85 Å². The summed E-state index contributed by atoms with van der Waals surface area (Å²) < 4.78 is 5.48. The molecule has 3 atom stereocenters. The van der Waals surface area contributed by atoms with Crippen LogP contribution in [0.2, 0.25) is 0 Å². The molecule has 15 heavy (non-hydrogen) atoms. The number of nitrogens with zero attached hydrogens (tertiary/aromatic N) is 1. The maximum Gasteiger partial charge on any atom is 0.285 e. The number of carbonyl (C=O) groups is 1. The predicted octanol–water partition coefficient (Wildman–Crippen LogP) is 1.89. The fraction of sp³-hybridized carbons (Fsp3) is 0.333. The summed E-state index contributed by atoms with van der Waals surface area (Å²) in [6, 6.07) is -0.649. The molecule has 0 bridgehead atoms. The molecule has 3 nitrogen and oxygen atoms in total. The minimum atomic E-state index is -0.649. The van der Waals surface area contributed by atoms with E-state index in [0.29, 0.717) is 5.76 Å². The smallest absolute Gasteiger partial charge is 0.285 e. The first-order valence-corrected chi connectivity index (χ1v) is 4.86. The van der Waals surface area contributed by atoms with Crippen LogP contribution >= 0.6 is 0 Å². The Kier molecular flexibility index (Phi) is 2.42. The zero-order chi connectivity index (χ0) is 10.8. The first-order valence-electron chi connectivity index (χ1n) is 4.86. The van der Waals surface area contributed by atoms with Crippen molar-refractivity contribution >= 4 is 5.78 Å². The first kappa shape index (κ1) is 9.72. The molecule has 0 saturated carbocycles. The second-order valence-corrected chi connectivity index (χ2v) is 3.63. The Morgan fingerprint density at radius 2 is 2.27 bits per heavy atom. The highest BCUT2D eigenvalue weighted by Gasteiger charge is 2.33.